The third-order valence-electron chi connectivity index (χ3n) is 4.86. The number of nitrogens with two attached hydrogens (primary N) is 1. The molecule has 2 aliphatic rings. The first-order valence-electron chi connectivity index (χ1n) is 8.88. The molecule has 0 aromatic heterocycles. The summed E-state index contributed by atoms with van der Waals surface area (Å²) in [7, 11) is 0. The average molecular weight is 339 g/mol. The first-order chi connectivity index (χ1) is 12.1. The molecule has 0 atom stereocenters. The van der Waals surface area contributed by atoms with Crippen molar-refractivity contribution in [2.45, 2.75) is 50.2 Å². The van der Waals surface area contributed by atoms with Gasteiger partial charge in [-0.3, -0.25) is 4.79 Å². The second-order valence-electron chi connectivity index (χ2n) is 6.81. The maximum absolute atomic E-state index is 12.1. The highest BCUT2D eigenvalue weighted by Crippen LogP contribution is 2.37. The van der Waals surface area contributed by atoms with Gasteiger partial charge in [-0.25, -0.2) is 0 Å². The summed E-state index contributed by atoms with van der Waals surface area (Å²) in [6, 6.07) is 8.31. The standard InChI is InChI=1S/C19H25N5O/c1-2-3-11-19(22-23-19)12-8-18(25)21-16-4-6-17(7-5-16)24-13-9-15(20)10-14-24/h1,4-7,15H,3,8-14,20H2,(H,21,25). The van der Waals surface area contributed by atoms with Crippen molar-refractivity contribution in [3.05, 3.63) is 24.3 Å². The Hall–Kier alpha value is -2.39. The van der Waals surface area contributed by atoms with E-state index in [1.807, 2.05) is 24.3 Å². The lowest BCUT2D eigenvalue weighted by Crippen LogP contribution is -2.39. The molecule has 2 aliphatic heterocycles. The number of hydrogen-bond acceptors (Lipinski definition) is 5. The smallest absolute Gasteiger partial charge is 0.224 e. The van der Waals surface area contributed by atoms with Gasteiger partial charge in [-0.15, -0.1) is 12.3 Å². The van der Waals surface area contributed by atoms with Crippen molar-refractivity contribution in [3.8, 4) is 12.3 Å². The monoisotopic (exact) mass is 339 g/mol. The van der Waals surface area contributed by atoms with E-state index in [2.05, 4.69) is 26.4 Å². The molecular formula is C19H25N5O. The Balaban J connectivity index is 1.45. The number of terminal acetylenes is 1. The van der Waals surface area contributed by atoms with E-state index >= 15 is 0 Å². The van der Waals surface area contributed by atoms with E-state index < -0.39 is 5.66 Å². The van der Waals surface area contributed by atoms with Crippen LogP contribution in [0.1, 0.15) is 38.5 Å². The second-order valence-corrected chi connectivity index (χ2v) is 6.81. The minimum atomic E-state index is -0.400. The molecule has 3 N–H and O–H groups in total. The number of piperidine rings is 1. The summed E-state index contributed by atoms with van der Waals surface area (Å²) in [5.74, 6) is 2.58. The van der Waals surface area contributed by atoms with Gasteiger partial charge in [-0.05, 0) is 37.1 Å². The molecule has 25 heavy (non-hydrogen) atoms. The van der Waals surface area contributed by atoms with Crippen molar-refractivity contribution >= 4 is 17.3 Å². The highest BCUT2D eigenvalue weighted by molar-refractivity contribution is 5.90. The Morgan fingerprint density at radius 2 is 1.96 bits per heavy atom. The third-order valence-corrected chi connectivity index (χ3v) is 4.86. The lowest BCUT2D eigenvalue weighted by molar-refractivity contribution is -0.116. The summed E-state index contributed by atoms with van der Waals surface area (Å²) >= 11 is 0. The van der Waals surface area contributed by atoms with Crippen molar-refractivity contribution in [1.29, 1.82) is 0 Å². The summed E-state index contributed by atoms with van der Waals surface area (Å²) in [4.78, 5) is 14.5. The van der Waals surface area contributed by atoms with Crippen molar-refractivity contribution in [2.75, 3.05) is 23.3 Å². The molecule has 1 amide bonds. The molecule has 0 spiro atoms. The number of rotatable bonds is 7. The topological polar surface area (TPSA) is 83.1 Å². The Morgan fingerprint density at radius 3 is 2.56 bits per heavy atom. The van der Waals surface area contributed by atoms with Crippen LogP contribution in [0.4, 0.5) is 11.4 Å². The van der Waals surface area contributed by atoms with Crippen molar-refractivity contribution in [1.82, 2.24) is 0 Å². The summed E-state index contributed by atoms with van der Waals surface area (Å²) in [5, 5.41) is 11.0. The van der Waals surface area contributed by atoms with Crippen LogP contribution in [-0.4, -0.2) is 30.7 Å². The molecule has 0 saturated carbocycles. The fourth-order valence-corrected chi connectivity index (χ4v) is 3.12. The van der Waals surface area contributed by atoms with Gasteiger partial charge < -0.3 is 16.0 Å². The highest BCUT2D eigenvalue weighted by Gasteiger charge is 2.39. The van der Waals surface area contributed by atoms with Gasteiger partial charge in [0.15, 0.2) is 5.66 Å². The minimum absolute atomic E-state index is 0.0194. The SMILES string of the molecule is C#CCCC1(CCC(=O)Nc2ccc(N3CCC(N)CC3)cc2)N=N1. The number of nitrogens with zero attached hydrogens (tertiary/aromatic N) is 3. The van der Waals surface area contributed by atoms with Gasteiger partial charge in [0.05, 0.1) is 0 Å². The van der Waals surface area contributed by atoms with Gasteiger partial charge >= 0.3 is 0 Å². The van der Waals surface area contributed by atoms with Crippen LogP contribution in [0.15, 0.2) is 34.5 Å². The van der Waals surface area contributed by atoms with Crippen LogP contribution in [0.3, 0.4) is 0 Å². The normalized spacial score (nSPS) is 18.6. The largest absolute Gasteiger partial charge is 0.371 e. The van der Waals surface area contributed by atoms with E-state index in [0.29, 0.717) is 25.3 Å². The Morgan fingerprint density at radius 1 is 1.28 bits per heavy atom. The molecule has 6 nitrogen and oxygen atoms in total. The van der Waals surface area contributed by atoms with E-state index in [1.165, 1.54) is 5.69 Å². The molecule has 0 bridgehead atoms. The third kappa shape index (κ3) is 4.80. The molecule has 1 saturated heterocycles. The minimum Gasteiger partial charge on any atom is -0.371 e. The Bertz CT molecular complexity index is 662. The fraction of sp³-hybridized carbons (Fsp3) is 0.526. The zero-order chi connectivity index (χ0) is 17.7. The van der Waals surface area contributed by atoms with Gasteiger partial charge in [0.2, 0.25) is 5.91 Å². The number of nitrogens with one attached hydrogen (secondary N) is 1. The maximum Gasteiger partial charge on any atom is 0.224 e. The predicted octanol–water partition coefficient (Wildman–Crippen LogP) is 2.91. The number of carbonyl (C=O) groups is 1. The first-order valence-corrected chi connectivity index (χ1v) is 8.88. The molecule has 132 valence electrons. The van der Waals surface area contributed by atoms with E-state index in [9.17, 15) is 4.79 Å². The zero-order valence-corrected chi connectivity index (χ0v) is 14.4. The number of amides is 1. The predicted molar refractivity (Wildman–Crippen MR) is 99.4 cm³/mol. The average Bonchev–Trinajstić information content (AvgIpc) is 3.40. The number of carbonyl (C=O) groups excluding carboxylic acids is 1. The molecule has 6 heteroatoms. The lowest BCUT2D eigenvalue weighted by atomic mass is 10.0. The molecule has 1 fully saturated rings. The van der Waals surface area contributed by atoms with E-state index in [1.54, 1.807) is 0 Å². The zero-order valence-electron chi connectivity index (χ0n) is 14.4. The number of benzene rings is 1. The van der Waals surface area contributed by atoms with Gasteiger partial charge in [-0.2, -0.15) is 10.2 Å². The maximum atomic E-state index is 12.1. The molecule has 0 radical (unpaired) electrons. The van der Waals surface area contributed by atoms with Crippen LogP contribution in [0.5, 0.6) is 0 Å². The summed E-state index contributed by atoms with van der Waals surface area (Å²) in [6.45, 7) is 1.97. The lowest BCUT2D eigenvalue weighted by Gasteiger charge is -2.32. The summed E-state index contributed by atoms with van der Waals surface area (Å²) in [5.41, 5.74) is 7.53. The molecule has 0 unspecified atom stereocenters. The molecular weight excluding hydrogens is 314 g/mol. The summed E-state index contributed by atoms with van der Waals surface area (Å²) < 4.78 is 0. The molecule has 3 rings (SSSR count). The highest BCUT2D eigenvalue weighted by atomic mass is 16.1. The van der Waals surface area contributed by atoms with Gasteiger partial charge in [0, 0.05) is 56.2 Å². The van der Waals surface area contributed by atoms with E-state index in [-0.39, 0.29) is 5.91 Å². The quantitative estimate of drug-likeness (QED) is 0.749. The first kappa shape index (κ1) is 17.4. The van der Waals surface area contributed by atoms with Crippen LogP contribution >= 0.6 is 0 Å². The molecule has 1 aromatic carbocycles. The summed E-state index contributed by atoms with van der Waals surface area (Å²) in [6.07, 6.45) is 9.69. The molecule has 0 aliphatic carbocycles. The van der Waals surface area contributed by atoms with Crippen LogP contribution in [-0.2, 0) is 4.79 Å². The van der Waals surface area contributed by atoms with Crippen LogP contribution in [0, 0.1) is 12.3 Å². The van der Waals surface area contributed by atoms with Gasteiger partial charge in [-0.1, -0.05) is 0 Å². The Kier molecular flexibility index (Phi) is 5.34. The fourth-order valence-electron chi connectivity index (χ4n) is 3.12. The Labute approximate surface area is 148 Å². The molecule has 2 heterocycles. The van der Waals surface area contributed by atoms with Crippen LogP contribution in [0.2, 0.25) is 0 Å². The van der Waals surface area contributed by atoms with Crippen LogP contribution in [0.25, 0.3) is 0 Å². The van der Waals surface area contributed by atoms with Crippen LogP contribution < -0.4 is 16.0 Å². The van der Waals surface area contributed by atoms with E-state index in [4.69, 9.17) is 12.2 Å². The van der Waals surface area contributed by atoms with Crippen molar-refractivity contribution in [3.63, 3.8) is 0 Å². The second kappa shape index (κ2) is 7.66. The number of hydrogen-bond donors (Lipinski definition) is 2. The van der Waals surface area contributed by atoms with Crippen molar-refractivity contribution in [2.24, 2.45) is 16.0 Å². The van der Waals surface area contributed by atoms with Gasteiger partial charge in [0.1, 0.15) is 0 Å². The van der Waals surface area contributed by atoms with E-state index in [0.717, 1.165) is 38.0 Å². The molecule has 1 aromatic rings. The number of anilines is 2. The van der Waals surface area contributed by atoms with Gasteiger partial charge in [0.25, 0.3) is 0 Å². The van der Waals surface area contributed by atoms with Crippen molar-refractivity contribution < 1.29 is 4.79 Å².